The molecule has 1 aliphatic rings. The molecule has 0 N–H and O–H groups in total. The molecule has 0 spiro atoms. The minimum Gasteiger partial charge on any atom is -0.313 e. The third-order valence-electron chi connectivity index (χ3n) is 16.4. The van der Waals surface area contributed by atoms with Gasteiger partial charge in [-0.25, -0.2) is 0 Å². The van der Waals surface area contributed by atoms with E-state index in [-0.39, 0.29) is 0 Å². The van der Waals surface area contributed by atoms with E-state index in [1.807, 2.05) is 34.0 Å². The number of aromatic nitrogens is 2. The largest absolute Gasteiger partial charge is 0.313 e. The van der Waals surface area contributed by atoms with Crippen molar-refractivity contribution in [2.24, 2.45) is 0 Å². The summed E-state index contributed by atoms with van der Waals surface area (Å²) in [5.41, 5.74) is 18.8. The van der Waals surface area contributed by atoms with E-state index in [9.17, 15) is 0 Å². The molecule has 0 saturated heterocycles. The number of fused-ring (bicyclic) bond motifs is 15. The Morgan fingerprint density at radius 3 is 1.57 bits per heavy atom. The number of allylic oxidation sites excluding steroid dienone is 1. The lowest BCUT2D eigenvalue weighted by Gasteiger charge is -2.17. The van der Waals surface area contributed by atoms with Gasteiger partial charge in [0, 0.05) is 110 Å². The number of nitrogens with zero attached hydrogens (tertiary/aromatic N) is 2. The summed E-state index contributed by atoms with van der Waals surface area (Å²) in [6, 6.07) is 86.7. The van der Waals surface area contributed by atoms with E-state index in [0.717, 1.165) is 12.8 Å². The molecule has 1 aliphatic carbocycles. The Labute approximate surface area is 455 Å². The van der Waals surface area contributed by atoms with Crippen molar-refractivity contribution < 1.29 is 0 Å². The Morgan fingerprint density at radius 2 is 0.831 bits per heavy atom. The highest BCUT2D eigenvalue weighted by molar-refractivity contribution is 7.27. The summed E-state index contributed by atoms with van der Waals surface area (Å²) in [6.45, 7) is 0. The van der Waals surface area contributed by atoms with Gasteiger partial charge in [-0.1, -0.05) is 170 Å². The van der Waals surface area contributed by atoms with Crippen molar-refractivity contribution in [3.63, 3.8) is 0 Å². The van der Waals surface area contributed by atoms with Crippen LogP contribution in [0.4, 0.5) is 0 Å². The minimum atomic E-state index is 1.04. The fourth-order valence-corrected chi connectivity index (χ4v) is 16.6. The van der Waals surface area contributed by atoms with Crippen molar-refractivity contribution in [3.05, 3.63) is 248 Å². The summed E-state index contributed by atoms with van der Waals surface area (Å²) in [5.74, 6) is 0. The van der Waals surface area contributed by atoms with Crippen molar-refractivity contribution >= 4 is 133 Å². The average Bonchev–Trinajstić information content (AvgIpc) is 4.45. The van der Waals surface area contributed by atoms with Gasteiger partial charge in [0.1, 0.15) is 0 Å². The highest BCUT2D eigenvalue weighted by Gasteiger charge is 2.23. The first kappa shape index (κ1) is 43.4. The first-order valence-electron chi connectivity index (χ1n) is 26.5. The van der Waals surface area contributed by atoms with Crippen LogP contribution in [0.1, 0.15) is 17.7 Å². The average molecular weight is 1030 g/mol. The van der Waals surface area contributed by atoms with E-state index in [4.69, 9.17) is 0 Å². The van der Waals surface area contributed by atoms with Gasteiger partial charge in [-0.2, -0.15) is 0 Å². The van der Waals surface area contributed by atoms with Crippen LogP contribution in [0.2, 0.25) is 0 Å². The van der Waals surface area contributed by atoms with Gasteiger partial charge in [-0.05, 0) is 119 Å². The molecular formula is C72H44N2S3. The first-order valence-corrected chi connectivity index (χ1v) is 29.0. The van der Waals surface area contributed by atoms with E-state index >= 15 is 0 Å². The van der Waals surface area contributed by atoms with Gasteiger partial charge in [0.15, 0.2) is 0 Å². The number of hydrogen-bond acceptors (Lipinski definition) is 3. The zero-order valence-electron chi connectivity index (χ0n) is 41.6. The summed E-state index contributed by atoms with van der Waals surface area (Å²) >= 11 is 5.69. The van der Waals surface area contributed by atoms with Gasteiger partial charge in [-0.3, -0.25) is 0 Å². The molecule has 5 heterocycles. The molecule has 0 bridgehead atoms. The molecule has 16 aromatic rings. The lowest BCUT2D eigenvalue weighted by molar-refractivity contribution is 0.889. The van der Waals surface area contributed by atoms with Crippen molar-refractivity contribution in [2.75, 3.05) is 0 Å². The van der Waals surface area contributed by atoms with Crippen molar-refractivity contribution in [1.82, 2.24) is 9.13 Å². The normalized spacial score (nSPS) is 12.8. The Kier molecular flexibility index (Phi) is 9.49. The van der Waals surface area contributed by atoms with Gasteiger partial charge < -0.3 is 9.13 Å². The Hall–Kier alpha value is -8.84. The molecule has 0 saturated carbocycles. The number of thiophene rings is 3. The molecule has 2 nitrogen and oxygen atoms in total. The summed E-state index contributed by atoms with van der Waals surface area (Å²) in [6.07, 6.45) is 6.76. The highest BCUT2D eigenvalue weighted by Crippen LogP contribution is 2.50. The number of benzene rings is 11. The quantitative estimate of drug-likeness (QED) is 0.157. The maximum Gasteiger partial charge on any atom is 0.0541 e. The van der Waals surface area contributed by atoms with E-state index in [1.165, 1.54) is 160 Å². The Morgan fingerprint density at radius 1 is 0.312 bits per heavy atom. The van der Waals surface area contributed by atoms with E-state index in [1.54, 1.807) is 0 Å². The molecule has 11 aromatic carbocycles. The van der Waals surface area contributed by atoms with Crippen LogP contribution >= 0.6 is 34.0 Å². The molecule has 77 heavy (non-hydrogen) atoms. The van der Waals surface area contributed by atoms with E-state index in [2.05, 4.69) is 252 Å². The van der Waals surface area contributed by atoms with Crippen LogP contribution in [0, 0.1) is 0 Å². The van der Waals surface area contributed by atoms with Crippen LogP contribution in [-0.2, 0) is 6.42 Å². The van der Waals surface area contributed by atoms with Crippen LogP contribution in [0.25, 0.3) is 155 Å². The van der Waals surface area contributed by atoms with Gasteiger partial charge in [0.2, 0.25) is 0 Å². The molecule has 0 unspecified atom stereocenters. The number of rotatable bonds is 6. The van der Waals surface area contributed by atoms with Crippen LogP contribution < -0.4 is 0 Å². The highest BCUT2D eigenvalue weighted by atomic mass is 32.1. The minimum absolute atomic E-state index is 1.04. The summed E-state index contributed by atoms with van der Waals surface area (Å²) in [5, 5.41) is 11.7. The van der Waals surface area contributed by atoms with Crippen LogP contribution in [0.15, 0.2) is 237 Å². The molecule has 0 amide bonds. The third-order valence-corrected chi connectivity index (χ3v) is 20.0. The predicted octanol–water partition coefficient (Wildman–Crippen LogP) is 21.5. The number of para-hydroxylation sites is 2. The summed E-state index contributed by atoms with van der Waals surface area (Å²) in [7, 11) is 0. The molecule has 0 radical (unpaired) electrons. The maximum atomic E-state index is 2.51. The molecule has 0 atom stereocenters. The summed E-state index contributed by atoms with van der Waals surface area (Å²) < 4.78 is 12.9. The fourth-order valence-electron chi connectivity index (χ4n) is 13.1. The zero-order valence-corrected chi connectivity index (χ0v) is 44.1. The molecule has 0 fully saturated rings. The van der Waals surface area contributed by atoms with Crippen molar-refractivity contribution in [3.8, 4) is 55.9 Å². The molecule has 17 rings (SSSR count). The first-order chi connectivity index (χ1) is 38.2. The maximum absolute atomic E-state index is 2.51. The standard InChI is InChI=1S/C72H44N2S3/c1-3-18-49(55-25-15-26-56-54-23-8-13-30-66(54)76-71(55)56)47(16-1)48-17-2-4-19-50(48)57-36-35-46(70-58-24-9-14-31-67(58)77-72(57)70)43-32-37-65-59(40-43)53-22-7-12-29-64(53)74(65)45-34-39-69-61(42-45)60-41-44(33-38-68(60)75-69)73-62-27-10-5-20-51(62)52-21-6-11-28-63(52)73/h1-10,12-27,29-42H,11,28H2. The van der Waals surface area contributed by atoms with Crippen LogP contribution in [-0.4, -0.2) is 9.13 Å². The lowest BCUT2D eigenvalue weighted by Crippen LogP contribution is -2.02. The third kappa shape index (κ3) is 6.46. The molecule has 5 aromatic heterocycles. The fraction of sp³-hybridized carbons (Fsp3) is 0.0278. The lowest BCUT2D eigenvalue weighted by atomic mass is 9.87. The second-order valence-corrected chi connectivity index (χ2v) is 23.7. The molecule has 360 valence electrons. The Bertz CT molecular complexity index is 5180. The zero-order chi connectivity index (χ0) is 50.3. The van der Waals surface area contributed by atoms with Crippen molar-refractivity contribution in [2.45, 2.75) is 12.8 Å². The number of hydrogen-bond donors (Lipinski definition) is 0. The van der Waals surface area contributed by atoms with Gasteiger partial charge in [0.05, 0.1) is 16.6 Å². The van der Waals surface area contributed by atoms with Crippen LogP contribution in [0.5, 0.6) is 0 Å². The summed E-state index contributed by atoms with van der Waals surface area (Å²) in [4.78, 5) is 0. The van der Waals surface area contributed by atoms with E-state index in [0.29, 0.717) is 0 Å². The van der Waals surface area contributed by atoms with Gasteiger partial charge >= 0.3 is 0 Å². The van der Waals surface area contributed by atoms with Gasteiger partial charge in [-0.15, -0.1) is 34.0 Å². The van der Waals surface area contributed by atoms with Crippen molar-refractivity contribution in [1.29, 1.82) is 0 Å². The molecule has 5 heteroatoms. The monoisotopic (exact) mass is 1030 g/mol. The van der Waals surface area contributed by atoms with Gasteiger partial charge in [0.25, 0.3) is 0 Å². The Balaban J connectivity index is 0.811. The predicted molar refractivity (Wildman–Crippen MR) is 335 cm³/mol. The topological polar surface area (TPSA) is 9.86 Å². The second-order valence-electron chi connectivity index (χ2n) is 20.5. The van der Waals surface area contributed by atoms with Crippen LogP contribution in [0.3, 0.4) is 0 Å². The second kappa shape index (κ2) is 16.8. The SMILES string of the molecule is C1=Cc2c(n(-c3ccc4sc5ccc(-n6c7ccccc7c7cc(-c8ccc(-c9ccccc9-c9ccccc9-c9cccc%10c9sc9ccccc9%10)c9sc%10ccccc%10c89)ccc76)cc5c4c3)c3ccccc23)CC1. The van der Waals surface area contributed by atoms with E-state index < -0.39 is 0 Å². The molecule has 0 aliphatic heterocycles. The smallest absolute Gasteiger partial charge is 0.0541 e. The molecular weight excluding hydrogens is 989 g/mol.